The first-order chi connectivity index (χ1) is 11.0. The van der Waals surface area contributed by atoms with Gasteiger partial charge in [-0.25, -0.2) is 13.1 Å². The fourth-order valence-electron chi connectivity index (χ4n) is 2.30. The number of hydrogen-bond donors (Lipinski definition) is 1. The van der Waals surface area contributed by atoms with Crippen LogP contribution in [0.2, 0.25) is 0 Å². The zero-order valence-corrected chi connectivity index (χ0v) is 14.4. The van der Waals surface area contributed by atoms with E-state index in [-0.39, 0.29) is 5.75 Å². The molecule has 5 heteroatoms. The van der Waals surface area contributed by atoms with E-state index in [9.17, 15) is 8.42 Å². The Kier molecular flexibility index (Phi) is 6.19. The van der Waals surface area contributed by atoms with E-state index in [1.54, 1.807) is 0 Å². The molecule has 2 aromatic rings. The summed E-state index contributed by atoms with van der Waals surface area (Å²) >= 11 is 0. The molecule has 23 heavy (non-hydrogen) atoms. The first-order valence-corrected chi connectivity index (χ1v) is 9.39. The zero-order valence-electron chi connectivity index (χ0n) is 13.6. The summed E-state index contributed by atoms with van der Waals surface area (Å²) in [5.74, 6) is 0.847. The Labute approximate surface area is 138 Å². The normalized spacial score (nSPS) is 11.4. The van der Waals surface area contributed by atoms with Gasteiger partial charge in [-0.05, 0) is 49.1 Å². The lowest BCUT2D eigenvalue weighted by Gasteiger charge is -2.09. The number of rotatable bonds is 8. The van der Waals surface area contributed by atoms with Gasteiger partial charge >= 0.3 is 0 Å². The van der Waals surface area contributed by atoms with Crippen molar-refractivity contribution >= 4 is 10.0 Å². The van der Waals surface area contributed by atoms with Crippen molar-refractivity contribution in [2.75, 3.05) is 13.2 Å². The highest BCUT2D eigenvalue weighted by molar-refractivity contribution is 7.88. The van der Waals surface area contributed by atoms with Crippen molar-refractivity contribution < 1.29 is 13.2 Å². The second-order valence-corrected chi connectivity index (χ2v) is 7.21. The molecule has 2 aromatic carbocycles. The minimum absolute atomic E-state index is 0.0168. The minimum atomic E-state index is -3.32. The highest BCUT2D eigenvalue weighted by atomic mass is 32.2. The quantitative estimate of drug-likeness (QED) is 0.808. The van der Waals surface area contributed by atoms with Crippen molar-refractivity contribution in [2.45, 2.75) is 26.0 Å². The van der Waals surface area contributed by atoms with Crippen LogP contribution >= 0.6 is 0 Å². The van der Waals surface area contributed by atoms with E-state index >= 15 is 0 Å². The van der Waals surface area contributed by atoms with Crippen LogP contribution in [0.1, 0.15) is 23.6 Å². The molecule has 0 aliphatic heterocycles. The SMILES string of the molecule is CCOc1ccc(CCNS(=O)(=O)Cc2ccccc2C)cc1. The van der Waals surface area contributed by atoms with Crippen molar-refractivity contribution in [1.82, 2.24) is 4.72 Å². The smallest absolute Gasteiger partial charge is 0.215 e. The summed E-state index contributed by atoms with van der Waals surface area (Å²) in [6.45, 7) is 4.89. The van der Waals surface area contributed by atoms with E-state index in [1.807, 2.05) is 62.4 Å². The Balaban J connectivity index is 1.86. The summed E-state index contributed by atoms with van der Waals surface area (Å²) in [7, 11) is -3.32. The van der Waals surface area contributed by atoms with Crippen molar-refractivity contribution in [2.24, 2.45) is 0 Å². The molecule has 124 valence electrons. The van der Waals surface area contributed by atoms with Gasteiger partial charge in [-0.15, -0.1) is 0 Å². The van der Waals surface area contributed by atoms with Crippen LogP contribution in [0.15, 0.2) is 48.5 Å². The van der Waals surface area contributed by atoms with Crippen LogP contribution in [-0.4, -0.2) is 21.6 Å². The van der Waals surface area contributed by atoms with Crippen LogP contribution in [0.25, 0.3) is 0 Å². The molecule has 0 fully saturated rings. The molecule has 0 amide bonds. The van der Waals surface area contributed by atoms with E-state index < -0.39 is 10.0 Å². The lowest BCUT2D eigenvalue weighted by atomic mass is 10.1. The molecule has 0 bridgehead atoms. The van der Waals surface area contributed by atoms with Gasteiger partial charge in [-0.1, -0.05) is 36.4 Å². The molecule has 1 N–H and O–H groups in total. The van der Waals surface area contributed by atoms with Gasteiger partial charge in [0, 0.05) is 6.54 Å². The molecule has 0 unspecified atom stereocenters. The van der Waals surface area contributed by atoms with Crippen LogP contribution < -0.4 is 9.46 Å². The Morgan fingerprint density at radius 2 is 1.74 bits per heavy atom. The Bertz CT molecular complexity index is 724. The molecule has 0 aliphatic carbocycles. The number of benzene rings is 2. The third kappa shape index (κ3) is 5.69. The van der Waals surface area contributed by atoms with Gasteiger partial charge in [0.05, 0.1) is 12.4 Å². The molecule has 0 aromatic heterocycles. The number of hydrogen-bond acceptors (Lipinski definition) is 3. The molecule has 0 atom stereocenters. The van der Waals surface area contributed by atoms with Crippen molar-refractivity contribution in [3.63, 3.8) is 0 Å². The van der Waals surface area contributed by atoms with Gasteiger partial charge in [0.25, 0.3) is 0 Å². The van der Waals surface area contributed by atoms with Gasteiger partial charge < -0.3 is 4.74 Å². The summed E-state index contributed by atoms with van der Waals surface area (Å²) in [6.07, 6.45) is 0.652. The molecular weight excluding hydrogens is 310 g/mol. The van der Waals surface area contributed by atoms with E-state index in [4.69, 9.17) is 4.74 Å². The third-order valence-corrected chi connectivity index (χ3v) is 4.91. The Morgan fingerprint density at radius 1 is 1.04 bits per heavy atom. The average molecular weight is 333 g/mol. The van der Waals surface area contributed by atoms with Gasteiger partial charge in [-0.3, -0.25) is 0 Å². The van der Waals surface area contributed by atoms with E-state index in [0.717, 1.165) is 22.4 Å². The van der Waals surface area contributed by atoms with Crippen molar-refractivity contribution in [3.05, 3.63) is 65.2 Å². The number of ether oxygens (including phenoxy) is 1. The second-order valence-electron chi connectivity index (χ2n) is 5.41. The average Bonchev–Trinajstić information content (AvgIpc) is 2.51. The minimum Gasteiger partial charge on any atom is -0.494 e. The molecule has 2 rings (SSSR count). The molecule has 0 saturated heterocycles. The zero-order chi connectivity index (χ0) is 16.7. The highest BCUT2D eigenvalue weighted by Gasteiger charge is 2.12. The maximum absolute atomic E-state index is 12.2. The molecule has 4 nitrogen and oxygen atoms in total. The molecule has 0 radical (unpaired) electrons. The maximum atomic E-state index is 12.2. The molecule has 0 heterocycles. The standard InChI is InChI=1S/C18H23NO3S/c1-3-22-18-10-8-16(9-11-18)12-13-19-23(20,21)14-17-7-5-4-6-15(17)2/h4-11,19H,3,12-14H2,1-2H3. The van der Waals surface area contributed by atoms with Gasteiger partial charge in [-0.2, -0.15) is 0 Å². The fourth-order valence-corrected chi connectivity index (χ4v) is 3.55. The van der Waals surface area contributed by atoms with Crippen LogP contribution in [0.3, 0.4) is 0 Å². The summed E-state index contributed by atoms with van der Waals surface area (Å²) in [5.41, 5.74) is 2.90. The van der Waals surface area contributed by atoms with Crippen LogP contribution in [0.4, 0.5) is 0 Å². The summed E-state index contributed by atoms with van der Waals surface area (Å²) in [4.78, 5) is 0. The summed E-state index contributed by atoms with van der Waals surface area (Å²) in [5, 5.41) is 0. The maximum Gasteiger partial charge on any atom is 0.215 e. The first-order valence-electron chi connectivity index (χ1n) is 7.74. The molecule has 0 spiro atoms. The van der Waals surface area contributed by atoms with Crippen molar-refractivity contribution in [1.29, 1.82) is 0 Å². The van der Waals surface area contributed by atoms with Crippen LogP contribution in [-0.2, 0) is 22.2 Å². The summed E-state index contributed by atoms with van der Waals surface area (Å²) < 4.78 is 32.4. The molecule has 0 aliphatic rings. The fraction of sp³-hybridized carbons (Fsp3) is 0.333. The van der Waals surface area contributed by atoms with Crippen LogP contribution in [0, 0.1) is 6.92 Å². The van der Waals surface area contributed by atoms with E-state index in [2.05, 4.69) is 4.72 Å². The first kappa shape index (κ1) is 17.5. The van der Waals surface area contributed by atoms with Gasteiger partial charge in [0.1, 0.15) is 5.75 Å². The van der Waals surface area contributed by atoms with Crippen LogP contribution in [0.5, 0.6) is 5.75 Å². The summed E-state index contributed by atoms with van der Waals surface area (Å²) in [6, 6.07) is 15.3. The monoisotopic (exact) mass is 333 g/mol. The lowest BCUT2D eigenvalue weighted by Crippen LogP contribution is -2.27. The molecule has 0 saturated carbocycles. The number of sulfonamides is 1. The predicted octanol–water partition coefficient (Wildman–Crippen LogP) is 3.06. The van der Waals surface area contributed by atoms with E-state index in [1.165, 1.54) is 0 Å². The van der Waals surface area contributed by atoms with Gasteiger partial charge in [0.2, 0.25) is 10.0 Å². The molecular formula is C18H23NO3S. The third-order valence-electron chi connectivity index (χ3n) is 3.58. The lowest BCUT2D eigenvalue weighted by molar-refractivity contribution is 0.340. The van der Waals surface area contributed by atoms with Gasteiger partial charge in [0.15, 0.2) is 0 Å². The second kappa shape index (κ2) is 8.13. The Hall–Kier alpha value is -1.85. The largest absolute Gasteiger partial charge is 0.494 e. The van der Waals surface area contributed by atoms with Crippen molar-refractivity contribution in [3.8, 4) is 5.75 Å². The van der Waals surface area contributed by atoms with E-state index in [0.29, 0.717) is 19.6 Å². The highest BCUT2D eigenvalue weighted by Crippen LogP contribution is 2.13. The number of aryl methyl sites for hydroxylation is 1. The topological polar surface area (TPSA) is 55.4 Å². The number of nitrogens with one attached hydrogen (secondary N) is 1. The predicted molar refractivity (Wildman–Crippen MR) is 93.1 cm³/mol. The Morgan fingerprint density at radius 3 is 2.39 bits per heavy atom.